The van der Waals surface area contributed by atoms with Gasteiger partial charge in [0.15, 0.2) is 5.69 Å². The van der Waals surface area contributed by atoms with Crippen molar-refractivity contribution in [3.05, 3.63) is 27.2 Å². The minimum absolute atomic E-state index is 0.0307. The minimum Gasteiger partial charge on any atom is -0.612 e. The van der Waals surface area contributed by atoms with Crippen LogP contribution >= 0.6 is 15.9 Å². The van der Waals surface area contributed by atoms with Crippen LogP contribution < -0.4 is 15.6 Å². The highest BCUT2D eigenvalue weighted by molar-refractivity contribution is 9.10. The molecule has 80 valence electrons. The predicted octanol–water partition coefficient (Wildman–Crippen LogP) is 0.720. The molecule has 0 saturated heterocycles. The molecule has 7 heteroatoms. The summed E-state index contributed by atoms with van der Waals surface area (Å²) in [5.41, 5.74) is 9.82. The number of methoxy groups -OCH3 is 1. The largest absolute Gasteiger partial charge is 0.612 e. The van der Waals surface area contributed by atoms with Gasteiger partial charge in [0.25, 0.3) is 0 Å². The van der Waals surface area contributed by atoms with Gasteiger partial charge in [0.1, 0.15) is 5.75 Å². The summed E-state index contributed by atoms with van der Waals surface area (Å²) in [6.45, 7) is 0. The first-order valence-electron chi connectivity index (χ1n) is 4.09. The van der Waals surface area contributed by atoms with E-state index in [2.05, 4.69) is 26.3 Å². The maximum atomic E-state index is 11.5. The van der Waals surface area contributed by atoms with E-state index in [4.69, 9.17) is 10.5 Å². The van der Waals surface area contributed by atoms with Crippen LogP contribution in [0.5, 0.6) is 5.75 Å². The monoisotopic (exact) mass is 271 g/mol. The minimum atomic E-state index is -0.388. The quantitative estimate of drug-likeness (QED) is 0.738. The summed E-state index contributed by atoms with van der Waals surface area (Å²) in [6.07, 6.45) is 0. The molecule has 1 aromatic carbocycles. The Labute approximate surface area is 94.4 Å². The third kappa shape index (κ3) is 1.76. The standard InChI is InChI=1S/C8H8BrN4O2/c1-15-7-3-5-6(2-4(7)9)13(14)12-8(10)11-5/h2-3,13H,1H3,(H2-,10,11,12)/q-1. The van der Waals surface area contributed by atoms with Crippen LogP contribution in [0.25, 0.3) is 5.43 Å². The topological polar surface area (TPSA) is 89.2 Å². The number of aliphatic imine (C=N–C) groups is 1. The number of hydrogen-bond donors (Lipinski definition) is 2. The van der Waals surface area contributed by atoms with E-state index in [-0.39, 0.29) is 11.1 Å². The Balaban J connectivity index is 2.57. The normalized spacial score (nSPS) is 18.9. The first-order valence-corrected chi connectivity index (χ1v) is 4.89. The van der Waals surface area contributed by atoms with E-state index in [1.165, 1.54) is 7.11 Å². The van der Waals surface area contributed by atoms with Crippen LogP contribution in [0.1, 0.15) is 0 Å². The number of quaternary nitrogens is 1. The van der Waals surface area contributed by atoms with Crippen molar-refractivity contribution in [2.45, 2.75) is 0 Å². The average molecular weight is 272 g/mol. The lowest BCUT2D eigenvalue weighted by Gasteiger charge is -2.31. The van der Waals surface area contributed by atoms with Crippen molar-refractivity contribution in [2.75, 3.05) is 7.11 Å². The third-order valence-corrected chi connectivity index (χ3v) is 2.57. The first kappa shape index (κ1) is 10.2. The Hall–Kier alpha value is -1.31. The highest BCUT2D eigenvalue weighted by atomic mass is 79.9. The van der Waals surface area contributed by atoms with E-state index >= 15 is 0 Å². The molecule has 1 aromatic rings. The summed E-state index contributed by atoms with van der Waals surface area (Å²) in [7, 11) is 1.54. The van der Waals surface area contributed by atoms with E-state index in [1.54, 1.807) is 12.1 Å². The van der Waals surface area contributed by atoms with Gasteiger partial charge >= 0.3 is 0 Å². The van der Waals surface area contributed by atoms with Crippen molar-refractivity contribution in [1.82, 2.24) is 0 Å². The summed E-state index contributed by atoms with van der Waals surface area (Å²) < 4.78 is 5.77. The summed E-state index contributed by atoms with van der Waals surface area (Å²) in [4.78, 5) is 3.95. The van der Waals surface area contributed by atoms with Gasteiger partial charge in [-0.15, -0.1) is 0 Å². The van der Waals surface area contributed by atoms with E-state index < -0.39 is 0 Å². The third-order valence-electron chi connectivity index (χ3n) is 1.95. The summed E-state index contributed by atoms with van der Waals surface area (Å²) >= 11 is 3.28. The molecular formula is C8H8BrN4O2-. The molecule has 0 spiro atoms. The molecule has 3 N–H and O–H groups in total. The lowest BCUT2D eigenvalue weighted by molar-refractivity contribution is -0.726. The van der Waals surface area contributed by atoms with Crippen LogP contribution in [0, 0.1) is 5.21 Å². The number of nitrogens with two attached hydrogens (primary N) is 1. The number of fused-ring (bicyclic) bond motifs is 1. The van der Waals surface area contributed by atoms with Crippen molar-refractivity contribution in [3.8, 4) is 5.75 Å². The van der Waals surface area contributed by atoms with Gasteiger partial charge in [-0.25, -0.2) is 0 Å². The number of ether oxygens (including phenoxy) is 1. The second-order valence-corrected chi connectivity index (χ2v) is 3.75. The molecule has 6 nitrogen and oxygen atoms in total. The number of halogens is 1. The summed E-state index contributed by atoms with van der Waals surface area (Å²) in [6, 6.07) is 3.26. The molecule has 0 aliphatic carbocycles. The van der Waals surface area contributed by atoms with Crippen LogP contribution in [0.4, 0.5) is 11.4 Å². The highest BCUT2D eigenvalue weighted by Gasteiger charge is 2.15. The van der Waals surface area contributed by atoms with Crippen LogP contribution in [0.3, 0.4) is 0 Å². The number of hydrogen-bond acceptors (Lipinski definition) is 4. The summed E-state index contributed by atoms with van der Waals surface area (Å²) in [5.74, 6) is 0.567. The van der Waals surface area contributed by atoms with Gasteiger partial charge in [0.05, 0.1) is 23.2 Å². The fraction of sp³-hybridized carbons (Fsp3) is 0.125. The maximum Gasteiger partial charge on any atom is 0.158 e. The van der Waals surface area contributed by atoms with E-state index in [0.29, 0.717) is 21.6 Å². The van der Waals surface area contributed by atoms with Gasteiger partial charge in [-0.05, 0) is 22.0 Å². The molecule has 0 bridgehead atoms. The molecule has 1 heterocycles. The molecule has 1 aliphatic rings. The lowest BCUT2D eigenvalue weighted by atomic mass is 10.2. The fourth-order valence-corrected chi connectivity index (χ4v) is 1.78. The fourth-order valence-electron chi connectivity index (χ4n) is 1.28. The SMILES string of the molecule is COc1cc2c(cc1Br)[NH+]([O-])[N-]C(N)=N2. The Kier molecular flexibility index (Phi) is 2.51. The molecule has 1 atom stereocenters. The van der Waals surface area contributed by atoms with E-state index in [0.717, 1.165) is 0 Å². The number of guanidine groups is 1. The van der Waals surface area contributed by atoms with Crippen LogP contribution in [0.15, 0.2) is 21.6 Å². The number of benzene rings is 1. The highest BCUT2D eigenvalue weighted by Crippen LogP contribution is 2.35. The zero-order valence-corrected chi connectivity index (χ0v) is 9.41. The van der Waals surface area contributed by atoms with Crippen molar-refractivity contribution in [2.24, 2.45) is 10.7 Å². The Morgan fingerprint density at radius 1 is 1.60 bits per heavy atom. The van der Waals surface area contributed by atoms with Crippen LogP contribution in [0.2, 0.25) is 0 Å². The summed E-state index contributed by atoms with van der Waals surface area (Å²) in [5, 5.41) is 11.1. The van der Waals surface area contributed by atoms with Gasteiger partial charge in [-0.1, -0.05) is 0 Å². The van der Waals surface area contributed by atoms with Gasteiger partial charge < -0.3 is 20.7 Å². The van der Waals surface area contributed by atoms with E-state index in [9.17, 15) is 5.21 Å². The number of nitrogens with zero attached hydrogens (tertiary/aromatic N) is 2. The van der Waals surface area contributed by atoms with E-state index in [1.807, 2.05) is 0 Å². The zero-order chi connectivity index (χ0) is 11.0. The van der Waals surface area contributed by atoms with Crippen LogP contribution in [-0.2, 0) is 0 Å². The molecule has 0 amide bonds. The van der Waals surface area contributed by atoms with Crippen LogP contribution in [-0.4, -0.2) is 13.1 Å². The smallest absolute Gasteiger partial charge is 0.158 e. The number of nitrogens with one attached hydrogen (secondary N) is 1. The molecular weight excluding hydrogens is 264 g/mol. The zero-order valence-electron chi connectivity index (χ0n) is 7.82. The average Bonchev–Trinajstić information content (AvgIpc) is 2.18. The molecule has 0 radical (unpaired) electrons. The molecule has 0 saturated carbocycles. The molecule has 1 unspecified atom stereocenters. The maximum absolute atomic E-state index is 11.5. The Bertz CT molecular complexity index is 435. The second kappa shape index (κ2) is 3.69. The predicted molar refractivity (Wildman–Crippen MR) is 59.3 cm³/mol. The van der Waals surface area contributed by atoms with Gasteiger partial charge in [-0.3, -0.25) is 5.17 Å². The molecule has 1 aliphatic heterocycles. The van der Waals surface area contributed by atoms with Gasteiger partial charge in [0, 0.05) is 6.07 Å². The molecule has 0 fully saturated rings. The molecule has 2 rings (SSSR count). The van der Waals surface area contributed by atoms with Gasteiger partial charge in [-0.2, -0.15) is 5.43 Å². The molecule has 15 heavy (non-hydrogen) atoms. The Morgan fingerprint density at radius 3 is 3.00 bits per heavy atom. The Morgan fingerprint density at radius 2 is 2.33 bits per heavy atom. The molecule has 0 aromatic heterocycles. The lowest BCUT2D eigenvalue weighted by Crippen LogP contribution is -2.98. The number of rotatable bonds is 1. The second-order valence-electron chi connectivity index (χ2n) is 2.89. The first-order chi connectivity index (χ1) is 7.11. The van der Waals surface area contributed by atoms with Crippen molar-refractivity contribution < 1.29 is 9.91 Å². The van der Waals surface area contributed by atoms with Crippen molar-refractivity contribution in [1.29, 1.82) is 0 Å². The van der Waals surface area contributed by atoms with Crippen molar-refractivity contribution in [3.63, 3.8) is 0 Å². The van der Waals surface area contributed by atoms with Gasteiger partial charge in [0.2, 0.25) is 0 Å². The van der Waals surface area contributed by atoms with Crippen molar-refractivity contribution >= 4 is 33.3 Å².